The second-order valence-electron chi connectivity index (χ2n) is 7.38. The van der Waals surface area contributed by atoms with Crippen molar-refractivity contribution in [2.24, 2.45) is 5.92 Å². The minimum absolute atomic E-state index is 0.0156. The summed E-state index contributed by atoms with van der Waals surface area (Å²) in [5.74, 6) is -2.57. The Labute approximate surface area is 170 Å². The zero-order chi connectivity index (χ0) is 21.2. The Morgan fingerprint density at radius 2 is 1.76 bits per heavy atom. The van der Waals surface area contributed by atoms with Gasteiger partial charge in [0.15, 0.2) is 11.6 Å². The van der Waals surface area contributed by atoms with Gasteiger partial charge in [0.2, 0.25) is 15.9 Å². The van der Waals surface area contributed by atoms with Crippen LogP contribution in [-0.4, -0.2) is 43.7 Å². The Hall–Kier alpha value is -2.32. The van der Waals surface area contributed by atoms with Crippen molar-refractivity contribution >= 4 is 15.9 Å². The molecule has 0 saturated carbocycles. The highest BCUT2D eigenvalue weighted by atomic mass is 32.2. The van der Waals surface area contributed by atoms with Crippen LogP contribution in [0.1, 0.15) is 24.0 Å². The highest BCUT2D eigenvalue weighted by molar-refractivity contribution is 7.89. The lowest BCUT2D eigenvalue weighted by Crippen LogP contribution is -2.43. The molecule has 29 heavy (non-hydrogen) atoms. The molecule has 0 unspecified atom stereocenters. The quantitative estimate of drug-likeness (QED) is 0.743. The van der Waals surface area contributed by atoms with Crippen LogP contribution in [0.2, 0.25) is 0 Å². The van der Waals surface area contributed by atoms with Crippen LogP contribution in [0.15, 0.2) is 47.4 Å². The Morgan fingerprint density at radius 3 is 2.38 bits per heavy atom. The first-order chi connectivity index (χ1) is 13.7. The maximum absolute atomic E-state index is 13.4. The summed E-state index contributed by atoms with van der Waals surface area (Å²) < 4.78 is 53.1. The van der Waals surface area contributed by atoms with Crippen LogP contribution >= 0.6 is 0 Å². The van der Waals surface area contributed by atoms with Crippen molar-refractivity contribution in [1.82, 2.24) is 9.21 Å². The van der Waals surface area contributed by atoms with E-state index in [1.165, 1.54) is 4.31 Å². The van der Waals surface area contributed by atoms with E-state index in [-0.39, 0.29) is 29.8 Å². The number of hydrogen-bond donors (Lipinski definition) is 0. The molecule has 0 spiro atoms. The smallest absolute Gasteiger partial charge is 0.243 e. The van der Waals surface area contributed by atoms with E-state index in [1.807, 2.05) is 31.2 Å². The number of aryl methyl sites for hydroxylation is 1. The molecule has 156 valence electrons. The molecule has 0 radical (unpaired) electrons. The summed E-state index contributed by atoms with van der Waals surface area (Å²) in [6.07, 6.45) is 0.777. The van der Waals surface area contributed by atoms with E-state index in [2.05, 4.69) is 0 Å². The van der Waals surface area contributed by atoms with Gasteiger partial charge in [0.05, 0.1) is 4.90 Å². The molecule has 0 aromatic heterocycles. The lowest BCUT2D eigenvalue weighted by molar-refractivity contribution is -0.135. The number of amides is 1. The summed E-state index contributed by atoms with van der Waals surface area (Å²) in [4.78, 5) is 14.2. The predicted octanol–water partition coefficient (Wildman–Crippen LogP) is 3.33. The molecule has 0 atom stereocenters. The number of carbonyl (C=O) groups is 1. The zero-order valence-electron chi connectivity index (χ0n) is 16.4. The lowest BCUT2D eigenvalue weighted by Gasteiger charge is -2.32. The molecule has 2 aromatic rings. The molecule has 1 heterocycles. The summed E-state index contributed by atoms with van der Waals surface area (Å²) in [7, 11) is -2.17. The van der Waals surface area contributed by atoms with E-state index < -0.39 is 21.7 Å². The average molecular weight is 422 g/mol. The molecule has 1 fully saturated rings. The van der Waals surface area contributed by atoms with Crippen molar-refractivity contribution in [3.8, 4) is 0 Å². The molecular formula is C21H24F2N2O3S. The first-order valence-electron chi connectivity index (χ1n) is 9.45. The van der Waals surface area contributed by atoms with Crippen molar-refractivity contribution in [1.29, 1.82) is 0 Å². The first-order valence-corrected chi connectivity index (χ1v) is 10.9. The number of benzene rings is 2. The van der Waals surface area contributed by atoms with Crippen molar-refractivity contribution in [3.05, 3.63) is 65.2 Å². The van der Waals surface area contributed by atoms with Gasteiger partial charge in [-0.2, -0.15) is 4.31 Å². The number of sulfonamides is 1. The Balaban J connectivity index is 1.62. The highest BCUT2D eigenvalue weighted by Crippen LogP contribution is 2.26. The molecule has 2 aromatic carbocycles. The van der Waals surface area contributed by atoms with Crippen LogP contribution in [-0.2, 0) is 21.4 Å². The van der Waals surface area contributed by atoms with E-state index in [1.54, 1.807) is 11.9 Å². The molecule has 1 amide bonds. The Kier molecular flexibility index (Phi) is 6.33. The molecule has 3 rings (SSSR count). The number of carbonyl (C=O) groups excluding carboxylic acids is 1. The van der Waals surface area contributed by atoms with Crippen LogP contribution in [0.3, 0.4) is 0 Å². The van der Waals surface area contributed by atoms with E-state index in [9.17, 15) is 22.0 Å². The highest BCUT2D eigenvalue weighted by Gasteiger charge is 2.33. The fourth-order valence-corrected chi connectivity index (χ4v) is 5.04. The lowest BCUT2D eigenvalue weighted by atomic mass is 9.96. The van der Waals surface area contributed by atoms with Crippen molar-refractivity contribution in [2.45, 2.75) is 31.2 Å². The van der Waals surface area contributed by atoms with Gasteiger partial charge in [-0.25, -0.2) is 17.2 Å². The molecule has 0 bridgehead atoms. The van der Waals surface area contributed by atoms with Gasteiger partial charge in [-0.05, 0) is 49.1 Å². The SMILES string of the molecule is Cc1ccccc1CN(C)C(=O)C1CCN(S(=O)(=O)c2ccc(F)c(F)c2)CC1. The van der Waals surface area contributed by atoms with Crippen LogP contribution < -0.4 is 0 Å². The molecule has 1 aliphatic heterocycles. The fourth-order valence-electron chi connectivity index (χ4n) is 3.56. The van der Waals surface area contributed by atoms with Gasteiger partial charge in [0, 0.05) is 32.6 Å². The summed E-state index contributed by atoms with van der Waals surface area (Å²) in [6.45, 7) is 2.82. The van der Waals surface area contributed by atoms with E-state index in [0.717, 1.165) is 23.3 Å². The van der Waals surface area contributed by atoms with Gasteiger partial charge in [-0.15, -0.1) is 0 Å². The van der Waals surface area contributed by atoms with Crippen LogP contribution in [0, 0.1) is 24.5 Å². The largest absolute Gasteiger partial charge is 0.341 e. The Bertz CT molecular complexity index is 1000. The van der Waals surface area contributed by atoms with Gasteiger partial charge in [-0.3, -0.25) is 4.79 Å². The number of piperidine rings is 1. The molecular weight excluding hydrogens is 398 g/mol. The summed E-state index contributed by atoms with van der Waals surface area (Å²) in [6, 6.07) is 10.4. The third-order valence-corrected chi connectivity index (χ3v) is 7.27. The van der Waals surface area contributed by atoms with Crippen LogP contribution in [0.25, 0.3) is 0 Å². The molecule has 0 N–H and O–H groups in total. The maximum atomic E-state index is 13.4. The van der Waals surface area contributed by atoms with Gasteiger partial charge in [0.25, 0.3) is 0 Å². The van der Waals surface area contributed by atoms with Crippen LogP contribution in [0.4, 0.5) is 8.78 Å². The van der Waals surface area contributed by atoms with Gasteiger partial charge in [0.1, 0.15) is 0 Å². The van der Waals surface area contributed by atoms with Crippen molar-refractivity contribution in [2.75, 3.05) is 20.1 Å². The Morgan fingerprint density at radius 1 is 1.10 bits per heavy atom. The summed E-state index contributed by atoms with van der Waals surface area (Å²) in [5.41, 5.74) is 2.18. The van der Waals surface area contributed by atoms with Gasteiger partial charge < -0.3 is 4.90 Å². The number of rotatable bonds is 5. The molecule has 8 heteroatoms. The van der Waals surface area contributed by atoms with Gasteiger partial charge >= 0.3 is 0 Å². The average Bonchev–Trinajstić information content (AvgIpc) is 2.71. The minimum Gasteiger partial charge on any atom is -0.341 e. The van der Waals surface area contributed by atoms with Gasteiger partial charge in [-0.1, -0.05) is 24.3 Å². The molecule has 1 saturated heterocycles. The number of hydrogen-bond acceptors (Lipinski definition) is 3. The number of halogens is 2. The normalized spacial score (nSPS) is 16.0. The second kappa shape index (κ2) is 8.59. The minimum atomic E-state index is -3.92. The van der Waals surface area contributed by atoms with E-state index >= 15 is 0 Å². The van der Waals surface area contributed by atoms with Crippen molar-refractivity contribution in [3.63, 3.8) is 0 Å². The summed E-state index contributed by atoms with van der Waals surface area (Å²) in [5, 5.41) is 0. The maximum Gasteiger partial charge on any atom is 0.243 e. The van der Waals surface area contributed by atoms with E-state index in [0.29, 0.717) is 25.5 Å². The standard InChI is InChI=1S/C21H24F2N2O3S/c1-15-5-3-4-6-17(15)14-24(2)21(26)16-9-11-25(12-10-16)29(27,28)18-7-8-19(22)20(23)13-18/h3-8,13,16H,9-12,14H2,1-2H3. The third kappa shape index (κ3) is 4.64. The van der Waals surface area contributed by atoms with E-state index in [4.69, 9.17) is 0 Å². The topological polar surface area (TPSA) is 57.7 Å². The fraction of sp³-hybridized carbons (Fsp3) is 0.381. The molecule has 0 aliphatic carbocycles. The van der Waals surface area contributed by atoms with Crippen molar-refractivity contribution < 1.29 is 22.0 Å². The second-order valence-corrected chi connectivity index (χ2v) is 9.31. The molecule has 5 nitrogen and oxygen atoms in total. The first kappa shape index (κ1) is 21.4. The predicted molar refractivity (Wildman–Crippen MR) is 105 cm³/mol. The van der Waals surface area contributed by atoms with Crippen LogP contribution in [0.5, 0.6) is 0 Å². The zero-order valence-corrected chi connectivity index (χ0v) is 17.3. The molecule has 1 aliphatic rings. The monoisotopic (exact) mass is 422 g/mol. The number of nitrogens with zero attached hydrogens (tertiary/aromatic N) is 2. The summed E-state index contributed by atoms with van der Waals surface area (Å²) >= 11 is 0. The third-order valence-electron chi connectivity index (χ3n) is 5.38.